The molecular formula is C22H28N4O5S2. The number of piperazine rings is 1. The molecule has 0 unspecified atom stereocenters. The lowest BCUT2D eigenvalue weighted by Gasteiger charge is -2.37. The highest BCUT2D eigenvalue weighted by Crippen LogP contribution is 2.26. The number of rotatable bonds is 5. The van der Waals surface area contributed by atoms with E-state index in [9.17, 15) is 21.6 Å². The topological polar surface area (TPSA) is 108 Å². The van der Waals surface area contributed by atoms with Gasteiger partial charge in [-0.1, -0.05) is 17.7 Å². The maximum absolute atomic E-state index is 13.0. The number of pyridine rings is 1. The van der Waals surface area contributed by atoms with Crippen LogP contribution in [0.5, 0.6) is 0 Å². The van der Waals surface area contributed by atoms with E-state index in [1.54, 1.807) is 35.2 Å². The highest BCUT2D eigenvalue weighted by Gasteiger charge is 2.36. The molecule has 2 aromatic rings. The highest BCUT2D eigenvalue weighted by molar-refractivity contribution is 7.89. The number of carbonyl (C=O) groups is 1. The SMILES string of the molecule is Cc1ccc(S(=O)(=O)N2CCN(C(=O)C3CCN(S(=O)(=O)c4cccnc4)CC3)CC2)cc1. The molecule has 1 aromatic carbocycles. The molecule has 2 aliphatic rings. The van der Waals surface area contributed by atoms with Crippen molar-refractivity contribution in [3.63, 3.8) is 0 Å². The van der Waals surface area contributed by atoms with E-state index in [1.165, 1.54) is 27.1 Å². The second-order valence-corrected chi connectivity index (χ2v) is 12.3. The number of piperidine rings is 1. The Morgan fingerprint density at radius 1 is 0.818 bits per heavy atom. The van der Waals surface area contributed by atoms with Crippen LogP contribution in [0.4, 0.5) is 0 Å². The van der Waals surface area contributed by atoms with Crippen molar-refractivity contribution < 1.29 is 21.6 Å². The van der Waals surface area contributed by atoms with Gasteiger partial charge in [0.15, 0.2) is 0 Å². The Kier molecular flexibility index (Phi) is 6.85. The van der Waals surface area contributed by atoms with Gasteiger partial charge < -0.3 is 4.90 Å². The Bertz CT molecular complexity index is 1190. The van der Waals surface area contributed by atoms with Crippen molar-refractivity contribution in [2.75, 3.05) is 39.3 Å². The van der Waals surface area contributed by atoms with E-state index >= 15 is 0 Å². The summed E-state index contributed by atoms with van der Waals surface area (Å²) in [7, 11) is -7.20. The van der Waals surface area contributed by atoms with Crippen molar-refractivity contribution in [2.24, 2.45) is 5.92 Å². The van der Waals surface area contributed by atoms with Crippen LogP contribution in [-0.2, 0) is 24.8 Å². The van der Waals surface area contributed by atoms with E-state index in [2.05, 4.69) is 4.98 Å². The van der Waals surface area contributed by atoms with E-state index < -0.39 is 20.0 Å². The molecule has 0 N–H and O–H groups in total. The summed E-state index contributed by atoms with van der Waals surface area (Å²) < 4.78 is 54.1. The third-order valence-electron chi connectivity index (χ3n) is 6.28. The van der Waals surface area contributed by atoms with Crippen LogP contribution in [0.25, 0.3) is 0 Å². The molecule has 1 aromatic heterocycles. The summed E-state index contributed by atoms with van der Waals surface area (Å²) >= 11 is 0. The molecular weight excluding hydrogens is 464 g/mol. The zero-order chi connectivity index (χ0) is 23.6. The summed E-state index contributed by atoms with van der Waals surface area (Å²) in [6, 6.07) is 9.86. The van der Waals surface area contributed by atoms with Gasteiger partial charge in [0.25, 0.3) is 0 Å². The van der Waals surface area contributed by atoms with Crippen LogP contribution < -0.4 is 0 Å². The molecule has 9 nitrogen and oxygen atoms in total. The lowest BCUT2D eigenvalue weighted by molar-refractivity contribution is -0.137. The Morgan fingerprint density at radius 2 is 1.39 bits per heavy atom. The minimum absolute atomic E-state index is 0.0270. The number of nitrogens with zero attached hydrogens (tertiary/aromatic N) is 4. The molecule has 2 aliphatic heterocycles. The van der Waals surface area contributed by atoms with Crippen molar-refractivity contribution in [1.29, 1.82) is 0 Å². The minimum atomic E-state index is -3.62. The number of sulfonamides is 2. The zero-order valence-corrected chi connectivity index (χ0v) is 20.1. The lowest BCUT2D eigenvalue weighted by Crippen LogP contribution is -2.53. The van der Waals surface area contributed by atoms with Gasteiger partial charge in [-0.2, -0.15) is 8.61 Å². The maximum Gasteiger partial charge on any atom is 0.244 e. The molecule has 1 amide bonds. The molecule has 0 spiro atoms. The van der Waals surface area contributed by atoms with Crippen molar-refractivity contribution >= 4 is 26.0 Å². The van der Waals surface area contributed by atoms with E-state index in [0.717, 1.165) is 5.56 Å². The van der Waals surface area contributed by atoms with Gasteiger partial charge in [0.05, 0.1) is 4.90 Å². The fourth-order valence-corrected chi connectivity index (χ4v) is 7.11. The number of benzene rings is 1. The van der Waals surface area contributed by atoms with Gasteiger partial charge in [-0.15, -0.1) is 0 Å². The second-order valence-electron chi connectivity index (χ2n) is 8.41. The number of aromatic nitrogens is 1. The first kappa shape index (κ1) is 23.8. The van der Waals surface area contributed by atoms with Crippen molar-refractivity contribution in [3.05, 3.63) is 54.4 Å². The van der Waals surface area contributed by atoms with Crippen LogP contribution in [0.3, 0.4) is 0 Å². The van der Waals surface area contributed by atoms with Gasteiger partial charge in [-0.3, -0.25) is 9.78 Å². The largest absolute Gasteiger partial charge is 0.340 e. The third kappa shape index (κ3) is 4.96. The first-order chi connectivity index (χ1) is 15.7. The predicted molar refractivity (Wildman–Crippen MR) is 122 cm³/mol. The summed E-state index contributed by atoms with van der Waals surface area (Å²) in [4.78, 5) is 19.0. The lowest BCUT2D eigenvalue weighted by atomic mass is 9.96. The van der Waals surface area contributed by atoms with Crippen LogP contribution in [0.1, 0.15) is 18.4 Å². The number of aryl methyl sites for hydroxylation is 1. The van der Waals surface area contributed by atoms with E-state index in [1.807, 2.05) is 6.92 Å². The van der Waals surface area contributed by atoms with Crippen LogP contribution in [0.2, 0.25) is 0 Å². The maximum atomic E-state index is 13.0. The van der Waals surface area contributed by atoms with Crippen LogP contribution >= 0.6 is 0 Å². The molecule has 4 rings (SSSR count). The monoisotopic (exact) mass is 492 g/mol. The van der Waals surface area contributed by atoms with Crippen LogP contribution in [0, 0.1) is 12.8 Å². The molecule has 0 atom stereocenters. The number of amides is 1. The molecule has 0 saturated carbocycles. The Labute approximate surface area is 195 Å². The van der Waals surface area contributed by atoms with Gasteiger partial charge in [0.2, 0.25) is 26.0 Å². The summed E-state index contributed by atoms with van der Waals surface area (Å²) in [5, 5.41) is 0. The van der Waals surface area contributed by atoms with E-state index in [4.69, 9.17) is 0 Å². The fraction of sp³-hybridized carbons (Fsp3) is 0.455. The summed E-state index contributed by atoms with van der Waals surface area (Å²) in [6.45, 7) is 3.60. The van der Waals surface area contributed by atoms with Gasteiger partial charge in [-0.05, 0) is 44.0 Å². The predicted octanol–water partition coefficient (Wildman–Crippen LogP) is 1.32. The molecule has 11 heteroatoms. The smallest absolute Gasteiger partial charge is 0.244 e. The Morgan fingerprint density at radius 3 is 1.97 bits per heavy atom. The molecule has 3 heterocycles. The van der Waals surface area contributed by atoms with E-state index in [0.29, 0.717) is 25.9 Å². The average Bonchev–Trinajstić information content (AvgIpc) is 2.84. The number of hydrogen-bond donors (Lipinski definition) is 0. The van der Waals surface area contributed by atoms with Crippen molar-refractivity contribution in [1.82, 2.24) is 18.5 Å². The van der Waals surface area contributed by atoms with Gasteiger partial charge in [0, 0.05) is 57.6 Å². The van der Waals surface area contributed by atoms with Gasteiger partial charge in [-0.25, -0.2) is 16.8 Å². The van der Waals surface area contributed by atoms with Crippen molar-refractivity contribution in [3.8, 4) is 0 Å². The first-order valence-corrected chi connectivity index (χ1v) is 13.8. The van der Waals surface area contributed by atoms with Crippen LogP contribution in [0.15, 0.2) is 58.6 Å². The molecule has 33 heavy (non-hydrogen) atoms. The quantitative estimate of drug-likeness (QED) is 0.623. The summed E-state index contributed by atoms with van der Waals surface area (Å²) in [6.07, 6.45) is 3.74. The zero-order valence-electron chi connectivity index (χ0n) is 18.5. The highest BCUT2D eigenvalue weighted by atomic mass is 32.2. The van der Waals surface area contributed by atoms with Crippen LogP contribution in [-0.4, -0.2) is 80.5 Å². The Balaban J connectivity index is 1.32. The average molecular weight is 493 g/mol. The second kappa shape index (κ2) is 9.49. The van der Waals surface area contributed by atoms with Crippen molar-refractivity contribution in [2.45, 2.75) is 29.6 Å². The third-order valence-corrected chi connectivity index (χ3v) is 10.1. The minimum Gasteiger partial charge on any atom is -0.340 e. The molecule has 0 radical (unpaired) electrons. The summed E-state index contributed by atoms with van der Waals surface area (Å²) in [5.74, 6) is -0.286. The first-order valence-electron chi connectivity index (χ1n) is 11.0. The van der Waals surface area contributed by atoms with E-state index in [-0.39, 0.29) is 47.8 Å². The van der Waals surface area contributed by atoms with Gasteiger partial charge in [0.1, 0.15) is 4.90 Å². The summed E-state index contributed by atoms with van der Waals surface area (Å²) in [5.41, 5.74) is 0.989. The fourth-order valence-electron chi connectivity index (χ4n) is 4.26. The normalized spacial score (nSPS) is 19.5. The standard InChI is InChI=1S/C22H28N4O5S2/c1-18-4-6-20(7-5-18)32(28,29)26-15-13-24(14-16-26)22(27)19-8-11-25(12-9-19)33(30,31)21-3-2-10-23-17-21/h2-7,10,17,19H,8-9,11-16H2,1H3. The molecule has 2 fully saturated rings. The molecule has 2 saturated heterocycles. The number of hydrogen-bond acceptors (Lipinski definition) is 6. The molecule has 0 bridgehead atoms. The van der Waals surface area contributed by atoms with Gasteiger partial charge >= 0.3 is 0 Å². The molecule has 0 aliphatic carbocycles. The molecule has 178 valence electrons. The number of carbonyl (C=O) groups excluding carboxylic acids is 1. The Hall–Kier alpha value is -2.34.